The van der Waals surface area contributed by atoms with Gasteiger partial charge in [-0.05, 0) is 43.3 Å². The maximum Gasteiger partial charge on any atom is 0.282 e. The monoisotopic (exact) mass is 330 g/mol. The number of amides is 1. The highest BCUT2D eigenvalue weighted by molar-refractivity contribution is 7.07. The van der Waals surface area contributed by atoms with E-state index in [0.29, 0.717) is 10.5 Å². The topological polar surface area (TPSA) is 34.4 Å². The molecular weight excluding hydrogens is 318 g/mol. The van der Waals surface area contributed by atoms with E-state index in [1.807, 2.05) is 12.3 Å². The highest BCUT2D eigenvalue weighted by atomic mass is 32.1. The highest BCUT2D eigenvalue weighted by Gasteiger charge is 2.11. The fourth-order valence-electron chi connectivity index (χ4n) is 2.16. The van der Waals surface area contributed by atoms with Crippen LogP contribution in [0.1, 0.15) is 16.1 Å². The maximum absolute atomic E-state index is 13.7. The summed E-state index contributed by atoms with van der Waals surface area (Å²) in [5.74, 6) is -1.60. The van der Waals surface area contributed by atoms with E-state index in [2.05, 4.69) is 4.99 Å². The van der Waals surface area contributed by atoms with Gasteiger partial charge in [0, 0.05) is 16.8 Å². The number of hydrogen-bond acceptors (Lipinski definition) is 2. The molecule has 0 unspecified atom stereocenters. The van der Waals surface area contributed by atoms with Gasteiger partial charge in [0.2, 0.25) is 0 Å². The van der Waals surface area contributed by atoms with Crippen LogP contribution in [0.3, 0.4) is 0 Å². The highest BCUT2D eigenvalue weighted by Crippen LogP contribution is 2.13. The number of hydrogen-bond donors (Lipinski definition) is 0. The Bertz CT molecular complexity index is 926. The van der Waals surface area contributed by atoms with Gasteiger partial charge >= 0.3 is 0 Å². The van der Waals surface area contributed by atoms with Crippen molar-refractivity contribution in [1.82, 2.24) is 4.57 Å². The van der Waals surface area contributed by atoms with Crippen molar-refractivity contribution >= 4 is 17.2 Å². The van der Waals surface area contributed by atoms with Crippen LogP contribution < -0.4 is 4.80 Å². The largest absolute Gasteiger partial charge is 0.290 e. The molecule has 2 aromatic carbocycles. The number of rotatable bonds is 2. The number of nitrogens with zero attached hydrogens (tertiary/aromatic N) is 2. The van der Waals surface area contributed by atoms with Crippen LogP contribution in [0, 0.1) is 18.6 Å². The van der Waals surface area contributed by atoms with Gasteiger partial charge in [-0.25, -0.2) is 8.78 Å². The zero-order chi connectivity index (χ0) is 16.4. The molecular formula is C17H12F2N2OS. The summed E-state index contributed by atoms with van der Waals surface area (Å²) in [5, 5.41) is 1.83. The molecule has 23 heavy (non-hydrogen) atoms. The van der Waals surface area contributed by atoms with E-state index in [0.717, 1.165) is 5.69 Å². The summed E-state index contributed by atoms with van der Waals surface area (Å²) in [6.07, 6.45) is 0. The third-order valence-electron chi connectivity index (χ3n) is 3.27. The van der Waals surface area contributed by atoms with E-state index in [9.17, 15) is 13.6 Å². The normalized spacial score (nSPS) is 11.7. The average Bonchev–Trinajstić information content (AvgIpc) is 2.89. The van der Waals surface area contributed by atoms with Crippen molar-refractivity contribution in [2.24, 2.45) is 4.99 Å². The van der Waals surface area contributed by atoms with E-state index in [1.165, 1.54) is 41.7 Å². The summed E-state index contributed by atoms with van der Waals surface area (Å²) < 4.78 is 28.5. The molecule has 0 fully saturated rings. The molecule has 0 aliphatic heterocycles. The van der Waals surface area contributed by atoms with Gasteiger partial charge in [0.1, 0.15) is 11.6 Å². The fraction of sp³-hybridized carbons (Fsp3) is 0.0588. The molecule has 0 radical (unpaired) electrons. The Morgan fingerprint density at radius 1 is 1.09 bits per heavy atom. The molecule has 0 aliphatic rings. The Kier molecular flexibility index (Phi) is 4.16. The zero-order valence-electron chi connectivity index (χ0n) is 12.2. The van der Waals surface area contributed by atoms with Crippen LogP contribution in [-0.2, 0) is 0 Å². The summed E-state index contributed by atoms with van der Waals surface area (Å²) >= 11 is 1.26. The van der Waals surface area contributed by atoms with Crippen LogP contribution in [0.5, 0.6) is 0 Å². The predicted molar refractivity (Wildman–Crippen MR) is 84.6 cm³/mol. The van der Waals surface area contributed by atoms with Crippen molar-refractivity contribution in [3.8, 4) is 5.69 Å². The third kappa shape index (κ3) is 3.12. The molecule has 0 atom stereocenters. The zero-order valence-corrected chi connectivity index (χ0v) is 13.0. The number of halogens is 2. The molecule has 0 saturated heterocycles. The molecule has 1 amide bonds. The average molecular weight is 330 g/mol. The van der Waals surface area contributed by atoms with Gasteiger partial charge < -0.3 is 0 Å². The number of carbonyl (C=O) groups is 1. The van der Waals surface area contributed by atoms with Crippen molar-refractivity contribution in [1.29, 1.82) is 0 Å². The predicted octanol–water partition coefficient (Wildman–Crippen LogP) is 3.87. The molecule has 6 heteroatoms. The number of benzene rings is 2. The Labute approximate surface area is 135 Å². The van der Waals surface area contributed by atoms with Crippen molar-refractivity contribution in [3.05, 3.63) is 81.6 Å². The minimum atomic E-state index is -0.652. The van der Waals surface area contributed by atoms with Crippen LogP contribution in [-0.4, -0.2) is 10.5 Å². The first-order valence-electron chi connectivity index (χ1n) is 6.83. The van der Waals surface area contributed by atoms with Gasteiger partial charge in [-0.15, -0.1) is 11.3 Å². The molecule has 1 heterocycles. The lowest BCUT2D eigenvalue weighted by atomic mass is 10.2. The first-order chi connectivity index (χ1) is 11.1. The van der Waals surface area contributed by atoms with Crippen molar-refractivity contribution in [2.45, 2.75) is 6.92 Å². The van der Waals surface area contributed by atoms with Crippen LogP contribution in [0.4, 0.5) is 8.78 Å². The second-order valence-electron chi connectivity index (χ2n) is 4.87. The first kappa shape index (κ1) is 15.3. The van der Waals surface area contributed by atoms with Gasteiger partial charge in [0.05, 0.1) is 5.56 Å². The van der Waals surface area contributed by atoms with E-state index in [-0.39, 0.29) is 11.4 Å². The summed E-state index contributed by atoms with van der Waals surface area (Å²) in [6.45, 7) is 1.85. The summed E-state index contributed by atoms with van der Waals surface area (Å²) in [4.78, 5) is 16.6. The molecule has 1 aromatic heterocycles. The fourth-order valence-corrected chi connectivity index (χ4v) is 3.03. The van der Waals surface area contributed by atoms with E-state index in [1.54, 1.807) is 22.8 Å². The number of aryl methyl sites for hydroxylation is 1. The number of aromatic nitrogens is 1. The minimum Gasteiger partial charge on any atom is -0.290 e. The number of carbonyl (C=O) groups excluding carboxylic acids is 1. The molecule has 3 nitrogen and oxygen atoms in total. The van der Waals surface area contributed by atoms with Crippen LogP contribution in [0.2, 0.25) is 0 Å². The minimum absolute atomic E-state index is 0.0794. The standard InChI is InChI=1S/C17H12F2N2OS/c1-11-10-23-17(21(11)13-8-6-12(18)7-9-13)20-16(22)14-4-2-3-5-15(14)19/h2-10H,1H3. The molecule has 0 saturated carbocycles. The Hall–Kier alpha value is -2.60. The van der Waals surface area contributed by atoms with Gasteiger partial charge in [-0.3, -0.25) is 9.36 Å². The molecule has 0 aliphatic carbocycles. The summed E-state index contributed by atoms with van der Waals surface area (Å²) in [6, 6.07) is 11.6. The second-order valence-corrected chi connectivity index (χ2v) is 5.70. The quantitative estimate of drug-likeness (QED) is 0.702. The van der Waals surface area contributed by atoms with E-state index in [4.69, 9.17) is 0 Å². The molecule has 3 rings (SSSR count). The van der Waals surface area contributed by atoms with Crippen LogP contribution in [0.15, 0.2) is 58.9 Å². The van der Waals surface area contributed by atoms with Crippen molar-refractivity contribution in [2.75, 3.05) is 0 Å². The molecule has 116 valence electrons. The lowest BCUT2D eigenvalue weighted by Gasteiger charge is -2.05. The SMILES string of the molecule is Cc1csc(=NC(=O)c2ccccc2F)n1-c1ccc(F)cc1. The van der Waals surface area contributed by atoms with Crippen molar-refractivity contribution < 1.29 is 13.6 Å². The molecule has 0 bridgehead atoms. The molecule has 0 N–H and O–H groups in total. The van der Waals surface area contributed by atoms with E-state index >= 15 is 0 Å². The van der Waals surface area contributed by atoms with Gasteiger partial charge in [-0.2, -0.15) is 4.99 Å². The van der Waals surface area contributed by atoms with E-state index < -0.39 is 11.7 Å². The number of thiazole rings is 1. The van der Waals surface area contributed by atoms with Gasteiger partial charge in [-0.1, -0.05) is 12.1 Å². The van der Waals surface area contributed by atoms with Crippen LogP contribution >= 0.6 is 11.3 Å². The Morgan fingerprint density at radius 2 is 1.78 bits per heavy atom. The summed E-state index contributed by atoms with van der Waals surface area (Å²) in [7, 11) is 0. The molecule has 0 spiro atoms. The maximum atomic E-state index is 13.7. The smallest absolute Gasteiger partial charge is 0.282 e. The third-order valence-corrected chi connectivity index (χ3v) is 4.21. The lowest BCUT2D eigenvalue weighted by molar-refractivity contribution is 0.0994. The van der Waals surface area contributed by atoms with Gasteiger partial charge in [0.15, 0.2) is 4.80 Å². The van der Waals surface area contributed by atoms with Crippen molar-refractivity contribution in [3.63, 3.8) is 0 Å². The Morgan fingerprint density at radius 3 is 2.48 bits per heavy atom. The summed E-state index contributed by atoms with van der Waals surface area (Å²) in [5.41, 5.74) is 1.45. The lowest BCUT2D eigenvalue weighted by Crippen LogP contribution is -2.17. The van der Waals surface area contributed by atoms with Crippen LogP contribution in [0.25, 0.3) is 5.69 Å². The van der Waals surface area contributed by atoms with Gasteiger partial charge in [0.25, 0.3) is 5.91 Å². The first-order valence-corrected chi connectivity index (χ1v) is 7.71. The molecule has 3 aromatic rings. The Balaban J connectivity index is 2.09. The second kappa shape index (κ2) is 6.26.